The molecule has 0 bridgehead atoms. The molecular weight excluding hydrogens is 258 g/mol. The molecule has 0 saturated heterocycles. The maximum atomic E-state index is 11.8. The summed E-state index contributed by atoms with van der Waals surface area (Å²) in [6, 6.07) is 11.0. The molecule has 4 heteroatoms. The van der Waals surface area contributed by atoms with Crippen molar-refractivity contribution >= 4 is 17.3 Å². The second-order valence-electron chi connectivity index (χ2n) is 4.43. The number of esters is 1. The Bertz CT molecular complexity index is 536. The Balaban J connectivity index is 1.84. The van der Waals surface area contributed by atoms with Crippen molar-refractivity contribution in [3.8, 4) is 0 Å². The Labute approximate surface area is 117 Å². The van der Waals surface area contributed by atoms with Crippen LogP contribution in [0.2, 0.25) is 0 Å². The normalized spacial score (nSPS) is 12.1. The number of hydrogen-bond donors (Lipinski definition) is 1. The zero-order valence-corrected chi connectivity index (χ0v) is 11.7. The quantitative estimate of drug-likeness (QED) is 0.854. The third-order valence-corrected chi connectivity index (χ3v) is 3.95. The van der Waals surface area contributed by atoms with Gasteiger partial charge in [0, 0.05) is 11.3 Å². The van der Waals surface area contributed by atoms with E-state index in [9.17, 15) is 4.79 Å². The van der Waals surface area contributed by atoms with E-state index in [2.05, 4.69) is 0 Å². The Morgan fingerprint density at radius 2 is 2.05 bits per heavy atom. The van der Waals surface area contributed by atoms with Crippen molar-refractivity contribution in [1.29, 1.82) is 0 Å². The molecule has 0 spiro atoms. The van der Waals surface area contributed by atoms with Crippen molar-refractivity contribution in [2.24, 2.45) is 5.73 Å². The van der Waals surface area contributed by atoms with Crippen LogP contribution >= 0.6 is 11.3 Å². The molecule has 0 radical (unpaired) electrons. The van der Waals surface area contributed by atoms with Crippen LogP contribution in [0.1, 0.15) is 16.0 Å². The zero-order valence-electron chi connectivity index (χ0n) is 10.8. The monoisotopic (exact) mass is 275 g/mol. The van der Waals surface area contributed by atoms with Crippen LogP contribution < -0.4 is 5.73 Å². The van der Waals surface area contributed by atoms with Crippen LogP contribution in [0.5, 0.6) is 0 Å². The average molecular weight is 275 g/mol. The molecule has 0 aliphatic heterocycles. The van der Waals surface area contributed by atoms with E-state index in [0.29, 0.717) is 6.42 Å². The number of benzene rings is 1. The van der Waals surface area contributed by atoms with Gasteiger partial charge in [-0.2, -0.15) is 0 Å². The number of rotatable bonds is 5. The lowest BCUT2D eigenvalue weighted by Gasteiger charge is -2.11. The van der Waals surface area contributed by atoms with Gasteiger partial charge in [-0.25, -0.2) is 0 Å². The van der Waals surface area contributed by atoms with Gasteiger partial charge in [0.2, 0.25) is 0 Å². The number of ether oxygens (including phenoxy) is 1. The van der Waals surface area contributed by atoms with Gasteiger partial charge in [0.25, 0.3) is 0 Å². The van der Waals surface area contributed by atoms with Crippen molar-refractivity contribution in [2.75, 3.05) is 0 Å². The SMILES string of the molecule is Cc1ccsc1C[C@@H](N)C(=O)OCc1ccccc1. The minimum atomic E-state index is -0.596. The summed E-state index contributed by atoms with van der Waals surface area (Å²) in [5, 5.41) is 2.01. The molecule has 1 aromatic carbocycles. The lowest BCUT2D eigenvalue weighted by atomic mass is 10.1. The summed E-state index contributed by atoms with van der Waals surface area (Å²) in [6.45, 7) is 2.30. The fourth-order valence-electron chi connectivity index (χ4n) is 1.73. The van der Waals surface area contributed by atoms with Gasteiger partial charge in [0.15, 0.2) is 0 Å². The number of nitrogens with two attached hydrogens (primary N) is 1. The first-order chi connectivity index (χ1) is 9.16. The van der Waals surface area contributed by atoms with Crippen molar-refractivity contribution in [2.45, 2.75) is 26.0 Å². The Morgan fingerprint density at radius 3 is 2.68 bits per heavy atom. The van der Waals surface area contributed by atoms with Crippen LogP contribution in [-0.2, 0) is 22.6 Å². The smallest absolute Gasteiger partial charge is 0.323 e. The molecule has 1 aromatic heterocycles. The maximum Gasteiger partial charge on any atom is 0.323 e. The van der Waals surface area contributed by atoms with E-state index in [1.165, 1.54) is 5.56 Å². The van der Waals surface area contributed by atoms with E-state index < -0.39 is 6.04 Å². The molecule has 3 nitrogen and oxygen atoms in total. The summed E-state index contributed by atoms with van der Waals surface area (Å²) in [5.74, 6) is -0.350. The zero-order chi connectivity index (χ0) is 13.7. The predicted octanol–water partition coefficient (Wildman–Crippen LogP) is 2.67. The molecular formula is C15H17NO2S. The Morgan fingerprint density at radius 1 is 1.32 bits per heavy atom. The summed E-state index contributed by atoms with van der Waals surface area (Å²) >= 11 is 1.62. The van der Waals surface area contributed by atoms with Gasteiger partial charge in [0.05, 0.1) is 0 Å². The average Bonchev–Trinajstić information content (AvgIpc) is 2.82. The van der Waals surface area contributed by atoms with Crippen LogP contribution in [-0.4, -0.2) is 12.0 Å². The Kier molecular flexibility index (Phi) is 4.71. The van der Waals surface area contributed by atoms with Gasteiger partial charge in [-0.3, -0.25) is 4.79 Å². The maximum absolute atomic E-state index is 11.8. The molecule has 0 aliphatic rings. The van der Waals surface area contributed by atoms with Crippen LogP contribution in [0.25, 0.3) is 0 Å². The number of hydrogen-bond acceptors (Lipinski definition) is 4. The first kappa shape index (κ1) is 13.8. The summed E-state index contributed by atoms with van der Waals surface area (Å²) < 4.78 is 5.22. The molecule has 0 fully saturated rings. The van der Waals surface area contributed by atoms with Gasteiger partial charge in [0.1, 0.15) is 12.6 Å². The van der Waals surface area contributed by atoms with E-state index >= 15 is 0 Å². The lowest BCUT2D eigenvalue weighted by Crippen LogP contribution is -2.34. The number of carbonyl (C=O) groups is 1. The van der Waals surface area contributed by atoms with E-state index in [-0.39, 0.29) is 12.6 Å². The lowest BCUT2D eigenvalue weighted by molar-refractivity contribution is -0.146. The van der Waals surface area contributed by atoms with Gasteiger partial charge >= 0.3 is 5.97 Å². The fraction of sp³-hybridized carbons (Fsp3) is 0.267. The number of aryl methyl sites for hydroxylation is 1. The van der Waals surface area contributed by atoms with E-state index in [1.807, 2.05) is 48.7 Å². The molecule has 19 heavy (non-hydrogen) atoms. The highest BCUT2D eigenvalue weighted by Crippen LogP contribution is 2.17. The summed E-state index contributed by atoms with van der Waals surface area (Å²) in [5.41, 5.74) is 8.02. The third kappa shape index (κ3) is 3.91. The van der Waals surface area contributed by atoms with Crippen LogP contribution in [0.4, 0.5) is 0 Å². The molecule has 2 aromatic rings. The molecule has 0 amide bonds. The van der Waals surface area contributed by atoms with Gasteiger partial charge in [-0.1, -0.05) is 30.3 Å². The van der Waals surface area contributed by atoms with E-state index in [0.717, 1.165) is 10.4 Å². The molecule has 1 heterocycles. The predicted molar refractivity (Wildman–Crippen MR) is 77.0 cm³/mol. The summed E-state index contributed by atoms with van der Waals surface area (Å²) in [7, 11) is 0. The number of thiophene rings is 1. The Hall–Kier alpha value is -1.65. The second-order valence-corrected chi connectivity index (χ2v) is 5.43. The highest BCUT2D eigenvalue weighted by molar-refractivity contribution is 7.10. The topological polar surface area (TPSA) is 52.3 Å². The third-order valence-electron chi connectivity index (χ3n) is 2.90. The largest absolute Gasteiger partial charge is 0.460 e. The number of carbonyl (C=O) groups excluding carboxylic acids is 1. The highest BCUT2D eigenvalue weighted by Gasteiger charge is 2.17. The first-order valence-electron chi connectivity index (χ1n) is 6.16. The molecule has 0 aliphatic carbocycles. The van der Waals surface area contributed by atoms with Gasteiger partial charge in [-0.15, -0.1) is 11.3 Å². The van der Waals surface area contributed by atoms with Crippen molar-refractivity contribution in [3.05, 3.63) is 57.8 Å². The second kappa shape index (κ2) is 6.50. The molecule has 0 unspecified atom stereocenters. The molecule has 0 saturated carbocycles. The van der Waals surface area contributed by atoms with Crippen LogP contribution in [0.3, 0.4) is 0 Å². The van der Waals surface area contributed by atoms with Crippen LogP contribution in [0, 0.1) is 6.92 Å². The standard InChI is InChI=1S/C15H17NO2S/c1-11-7-8-19-14(11)9-13(16)15(17)18-10-12-5-3-2-4-6-12/h2-8,13H,9-10,16H2,1H3/t13-/m1/s1. The van der Waals surface area contributed by atoms with E-state index in [1.54, 1.807) is 11.3 Å². The van der Waals surface area contributed by atoms with Crippen molar-refractivity contribution < 1.29 is 9.53 Å². The van der Waals surface area contributed by atoms with Crippen LogP contribution in [0.15, 0.2) is 41.8 Å². The summed E-state index contributed by atoms with van der Waals surface area (Å²) in [4.78, 5) is 13.0. The molecule has 2 rings (SSSR count). The van der Waals surface area contributed by atoms with Gasteiger partial charge in [-0.05, 0) is 29.5 Å². The minimum Gasteiger partial charge on any atom is -0.460 e. The van der Waals surface area contributed by atoms with Crippen molar-refractivity contribution in [3.63, 3.8) is 0 Å². The molecule has 1 atom stereocenters. The molecule has 100 valence electrons. The van der Waals surface area contributed by atoms with E-state index in [4.69, 9.17) is 10.5 Å². The molecule has 2 N–H and O–H groups in total. The first-order valence-corrected chi connectivity index (χ1v) is 7.04. The van der Waals surface area contributed by atoms with Crippen molar-refractivity contribution in [1.82, 2.24) is 0 Å². The summed E-state index contributed by atoms with van der Waals surface area (Å²) in [6.07, 6.45) is 0.539. The fourth-order valence-corrected chi connectivity index (χ4v) is 2.70. The highest BCUT2D eigenvalue weighted by atomic mass is 32.1. The van der Waals surface area contributed by atoms with Gasteiger partial charge < -0.3 is 10.5 Å². The minimum absolute atomic E-state index is 0.275.